The van der Waals surface area contributed by atoms with Gasteiger partial charge in [-0.1, -0.05) is 37.5 Å². The predicted molar refractivity (Wildman–Crippen MR) is 71.2 cm³/mol. The largest absolute Gasteiger partial charge is 0.390 e. The van der Waals surface area contributed by atoms with Crippen molar-refractivity contribution in [3.8, 4) is 0 Å². The molecular formula is C14H19FO3S. The molecule has 1 unspecified atom stereocenters. The molecule has 0 aliphatic heterocycles. The fourth-order valence-electron chi connectivity index (χ4n) is 2.58. The summed E-state index contributed by atoms with van der Waals surface area (Å²) in [4.78, 5) is -0.0260. The van der Waals surface area contributed by atoms with E-state index in [1.54, 1.807) is 18.2 Å². The molecule has 0 amide bonds. The van der Waals surface area contributed by atoms with Crippen molar-refractivity contribution in [3.63, 3.8) is 0 Å². The Labute approximate surface area is 113 Å². The Kier molecular flexibility index (Phi) is 4.26. The maximum Gasteiger partial charge on any atom is 0.210 e. The van der Waals surface area contributed by atoms with E-state index in [-0.39, 0.29) is 11.3 Å². The monoisotopic (exact) mass is 286 g/mol. The minimum absolute atomic E-state index is 0.0260. The van der Waals surface area contributed by atoms with Gasteiger partial charge in [-0.15, -0.1) is 0 Å². The second-order valence-corrected chi connectivity index (χ2v) is 7.33. The molecule has 19 heavy (non-hydrogen) atoms. The normalized spacial score (nSPS) is 20.9. The van der Waals surface area contributed by atoms with Crippen LogP contribution < -0.4 is 0 Å². The number of benzene rings is 1. The summed E-state index contributed by atoms with van der Waals surface area (Å²) in [7, 11) is -4.00. The fraction of sp³-hybridized carbons (Fsp3) is 0.571. The molecule has 1 aromatic rings. The van der Waals surface area contributed by atoms with Gasteiger partial charge in [0.05, 0.1) is 10.5 Å². The Balaban J connectivity index is 2.13. The first-order valence-electron chi connectivity index (χ1n) is 6.59. The van der Waals surface area contributed by atoms with Crippen molar-refractivity contribution in [2.75, 3.05) is 0 Å². The number of sulfone groups is 1. The Morgan fingerprint density at radius 1 is 1.16 bits per heavy atom. The molecule has 1 aliphatic carbocycles. The Morgan fingerprint density at radius 3 is 2.32 bits per heavy atom. The number of alkyl halides is 1. The summed E-state index contributed by atoms with van der Waals surface area (Å²) >= 11 is 0. The van der Waals surface area contributed by atoms with E-state index >= 15 is 0 Å². The highest BCUT2D eigenvalue weighted by molar-refractivity contribution is 7.91. The number of hydrogen-bond donors (Lipinski definition) is 1. The first-order chi connectivity index (χ1) is 8.94. The van der Waals surface area contributed by atoms with Crippen molar-refractivity contribution in [3.05, 3.63) is 30.3 Å². The average molecular weight is 286 g/mol. The van der Waals surface area contributed by atoms with E-state index in [9.17, 15) is 17.9 Å². The molecule has 1 saturated carbocycles. The van der Waals surface area contributed by atoms with Crippen molar-refractivity contribution in [2.24, 2.45) is 0 Å². The van der Waals surface area contributed by atoms with Crippen LogP contribution in [0.15, 0.2) is 35.2 Å². The van der Waals surface area contributed by atoms with Crippen LogP contribution in [0.4, 0.5) is 4.39 Å². The summed E-state index contributed by atoms with van der Waals surface area (Å²) in [5, 5.41) is 10.2. The van der Waals surface area contributed by atoms with E-state index in [4.69, 9.17) is 0 Å². The molecule has 1 atom stereocenters. The van der Waals surface area contributed by atoms with Gasteiger partial charge in [-0.05, 0) is 25.0 Å². The van der Waals surface area contributed by atoms with Gasteiger partial charge in [-0.3, -0.25) is 0 Å². The quantitative estimate of drug-likeness (QED) is 0.926. The third-order valence-corrected chi connectivity index (χ3v) is 5.50. The smallest absolute Gasteiger partial charge is 0.210 e. The van der Waals surface area contributed by atoms with Crippen molar-refractivity contribution < 1.29 is 17.9 Å². The molecule has 1 N–H and O–H groups in total. The number of halogens is 1. The lowest BCUT2D eigenvalue weighted by atomic mass is 9.83. The van der Waals surface area contributed by atoms with Gasteiger partial charge in [0.2, 0.25) is 15.3 Å². The maximum absolute atomic E-state index is 14.1. The van der Waals surface area contributed by atoms with Gasteiger partial charge in [-0.25, -0.2) is 12.8 Å². The summed E-state index contributed by atoms with van der Waals surface area (Å²) in [5.74, 6) is 0. The molecule has 5 heteroatoms. The molecule has 1 aromatic carbocycles. The number of hydrogen-bond acceptors (Lipinski definition) is 3. The molecule has 0 saturated heterocycles. The van der Waals surface area contributed by atoms with E-state index in [0.717, 1.165) is 19.3 Å². The first kappa shape index (κ1) is 14.5. The predicted octanol–water partition coefficient (Wildman–Crippen LogP) is 2.84. The molecule has 0 bridgehead atoms. The van der Waals surface area contributed by atoms with Crippen LogP contribution in [0.3, 0.4) is 0 Å². The van der Waals surface area contributed by atoms with E-state index in [0.29, 0.717) is 12.8 Å². The van der Waals surface area contributed by atoms with Crippen molar-refractivity contribution in [1.29, 1.82) is 0 Å². The molecule has 3 nitrogen and oxygen atoms in total. The van der Waals surface area contributed by atoms with Crippen molar-refractivity contribution in [1.82, 2.24) is 0 Å². The Hall–Kier alpha value is -0.940. The third kappa shape index (κ3) is 3.34. The zero-order valence-corrected chi connectivity index (χ0v) is 11.6. The van der Waals surface area contributed by atoms with Gasteiger partial charge in [0.15, 0.2) is 0 Å². The Morgan fingerprint density at radius 2 is 1.74 bits per heavy atom. The maximum atomic E-state index is 14.1. The minimum atomic E-state index is -4.00. The third-order valence-electron chi connectivity index (χ3n) is 3.73. The first-order valence-corrected chi connectivity index (χ1v) is 8.14. The van der Waals surface area contributed by atoms with Gasteiger partial charge in [-0.2, -0.15) is 0 Å². The zero-order chi connectivity index (χ0) is 13.9. The van der Waals surface area contributed by atoms with Gasteiger partial charge in [0.25, 0.3) is 0 Å². The highest BCUT2D eigenvalue weighted by Gasteiger charge is 2.38. The second-order valence-electron chi connectivity index (χ2n) is 5.26. The van der Waals surface area contributed by atoms with Crippen LogP contribution in [0, 0.1) is 0 Å². The van der Waals surface area contributed by atoms with Gasteiger partial charge >= 0.3 is 0 Å². The van der Waals surface area contributed by atoms with Crippen LogP contribution in [-0.2, 0) is 9.84 Å². The summed E-state index contributed by atoms with van der Waals surface area (Å²) in [6.45, 7) is 0. The molecule has 0 spiro atoms. The van der Waals surface area contributed by atoms with Gasteiger partial charge in [0, 0.05) is 6.42 Å². The van der Waals surface area contributed by atoms with E-state index in [2.05, 4.69) is 0 Å². The summed E-state index contributed by atoms with van der Waals surface area (Å²) in [6, 6.07) is 7.57. The number of aliphatic hydroxyl groups is 1. The summed E-state index contributed by atoms with van der Waals surface area (Å²) < 4.78 is 38.3. The Bertz CT molecular complexity index is 507. The zero-order valence-electron chi connectivity index (χ0n) is 10.8. The van der Waals surface area contributed by atoms with Crippen molar-refractivity contribution >= 4 is 9.84 Å². The van der Waals surface area contributed by atoms with Crippen LogP contribution in [0.2, 0.25) is 0 Å². The van der Waals surface area contributed by atoms with Crippen LogP contribution in [0.5, 0.6) is 0 Å². The lowest BCUT2D eigenvalue weighted by molar-refractivity contribution is -0.0132. The molecule has 2 rings (SSSR count). The molecule has 1 aliphatic rings. The molecule has 106 valence electrons. The number of rotatable bonds is 4. The van der Waals surface area contributed by atoms with Crippen LogP contribution in [-0.4, -0.2) is 24.6 Å². The van der Waals surface area contributed by atoms with E-state index in [1.807, 2.05) is 0 Å². The minimum Gasteiger partial charge on any atom is -0.390 e. The molecule has 1 fully saturated rings. The topological polar surface area (TPSA) is 54.4 Å². The molecule has 0 radical (unpaired) electrons. The fourth-order valence-corrected chi connectivity index (χ4v) is 3.94. The molecule has 0 aromatic heterocycles. The highest BCUT2D eigenvalue weighted by atomic mass is 32.2. The van der Waals surface area contributed by atoms with Crippen LogP contribution in [0.25, 0.3) is 0 Å². The average Bonchev–Trinajstić information content (AvgIpc) is 2.40. The van der Waals surface area contributed by atoms with Crippen LogP contribution >= 0.6 is 0 Å². The summed E-state index contributed by atoms with van der Waals surface area (Å²) in [5.41, 5.74) is -3.21. The van der Waals surface area contributed by atoms with Gasteiger partial charge < -0.3 is 5.11 Å². The summed E-state index contributed by atoms with van der Waals surface area (Å²) in [6.07, 6.45) is 3.31. The van der Waals surface area contributed by atoms with Crippen LogP contribution in [0.1, 0.15) is 38.5 Å². The molecular weight excluding hydrogens is 267 g/mol. The standard InChI is InChI=1S/C14H19FO3S/c15-13(11-14(16)9-5-2-6-10-14)19(17,18)12-7-3-1-4-8-12/h1,3-4,7-8,13,16H,2,5-6,9-11H2. The second kappa shape index (κ2) is 5.59. The lowest BCUT2D eigenvalue weighted by Gasteiger charge is -2.32. The van der Waals surface area contributed by atoms with E-state index in [1.165, 1.54) is 12.1 Å². The highest BCUT2D eigenvalue weighted by Crippen LogP contribution is 2.34. The van der Waals surface area contributed by atoms with E-state index < -0.39 is 20.9 Å². The van der Waals surface area contributed by atoms with Crippen molar-refractivity contribution in [2.45, 2.75) is 54.5 Å². The van der Waals surface area contributed by atoms with Gasteiger partial charge in [0.1, 0.15) is 0 Å². The molecule has 0 heterocycles. The SMILES string of the molecule is O=S(=O)(c1ccccc1)C(F)CC1(O)CCCCC1. The lowest BCUT2D eigenvalue weighted by Crippen LogP contribution is -2.36.